The third-order valence-electron chi connectivity index (χ3n) is 5.00. The molecule has 0 aromatic heterocycles. The second-order valence-electron chi connectivity index (χ2n) is 7.11. The Hall–Kier alpha value is -2.64. The SMILES string of the molecule is COc1ccc(S(=O)(=O)N2CCC(NC(=O)C=Cc3ccc(C)cc3)CC2)cc1. The molecule has 1 N–H and O–H groups in total. The lowest BCUT2D eigenvalue weighted by molar-refractivity contribution is -0.117. The average Bonchev–Trinajstić information content (AvgIpc) is 2.74. The van der Waals surface area contributed by atoms with E-state index in [4.69, 9.17) is 4.74 Å². The number of nitrogens with one attached hydrogen (secondary N) is 1. The van der Waals surface area contributed by atoms with Crippen LogP contribution in [0.5, 0.6) is 5.75 Å². The number of benzene rings is 2. The molecule has 3 rings (SSSR count). The van der Waals surface area contributed by atoms with Crippen molar-refractivity contribution >= 4 is 22.0 Å². The topological polar surface area (TPSA) is 75.7 Å². The number of methoxy groups -OCH3 is 1. The molecular formula is C22H26N2O4S. The van der Waals surface area contributed by atoms with Crippen molar-refractivity contribution in [2.24, 2.45) is 0 Å². The van der Waals surface area contributed by atoms with Gasteiger partial charge in [-0.3, -0.25) is 4.79 Å². The van der Waals surface area contributed by atoms with Crippen LogP contribution in [0.3, 0.4) is 0 Å². The third-order valence-corrected chi connectivity index (χ3v) is 6.91. The zero-order valence-corrected chi connectivity index (χ0v) is 17.5. The van der Waals surface area contributed by atoms with Gasteiger partial charge < -0.3 is 10.1 Å². The van der Waals surface area contributed by atoms with Crippen LogP contribution >= 0.6 is 0 Å². The summed E-state index contributed by atoms with van der Waals surface area (Å²) in [5, 5.41) is 2.96. The van der Waals surface area contributed by atoms with Gasteiger partial charge in [0.2, 0.25) is 15.9 Å². The molecule has 1 fully saturated rings. The van der Waals surface area contributed by atoms with Gasteiger partial charge in [0.15, 0.2) is 0 Å². The molecule has 154 valence electrons. The Morgan fingerprint density at radius 2 is 1.69 bits per heavy atom. The van der Waals surface area contributed by atoms with Gasteiger partial charge in [0.1, 0.15) is 5.75 Å². The molecule has 1 aliphatic heterocycles. The van der Waals surface area contributed by atoms with Crippen molar-refractivity contribution in [2.45, 2.75) is 30.7 Å². The van der Waals surface area contributed by atoms with Gasteiger partial charge in [0.05, 0.1) is 12.0 Å². The second-order valence-corrected chi connectivity index (χ2v) is 9.04. The van der Waals surface area contributed by atoms with Gasteiger partial charge in [-0.2, -0.15) is 4.31 Å². The highest BCUT2D eigenvalue weighted by Gasteiger charge is 2.29. The number of sulfonamides is 1. The van der Waals surface area contributed by atoms with Crippen molar-refractivity contribution in [3.8, 4) is 5.75 Å². The van der Waals surface area contributed by atoms with Crippen molar-refractivity contribution in [3.63, 3.8) is 0 Å². The van der Waals surface area contributed by atoms with Crippen molar-refractivity contribution in [1.29, 1.82) is 0 Å². The summed E-state index contributed by atoms with van der Waals surface area (Å²) >= 11 is 0. The van der Waals surface area contributed by atoms with Gasteiger partial charge in [-0.25, -0.2) is 8.42 Å². The number of hydrogen-bond acceptors (Lipinski definition) is 4. The highest BCUT2D eigenvalue weighted by atomic mass is 32.2. The van der Waals surface area contributed by atoms with Gasteiger partial charge in [0, 0.05) is 25.2 Å². The molecule has 2 aromatic rings. The zero-order valence-electron chi connectivity index (χ0n) is 16.7. The summed E-state index contributed by atoms with van der Waals surface area (Å²) in [5.74, 6) is 0.450. The Labute approximate surface area is 172 Å². The van der Waals surface area contributed by atoms with E-state index in [1.54, 1.807) is 37.5 Å². The molecule has 1 saturated heterocycles. The van der Waals surface area contributed by atoms with Crippen molar-refractivity contribution in [2.75, 3.05) is 20.2 Å². The third kappa shape index (κ3) is 5.46. The minimum absolute atomic E-state index is 0.0347. The lowest BCUT2D eigenvalue weighted by Crippen LogP contribution is -2.46. The molecule has 2 aromatic carbocycles. The van der Waals surface area contributed by atoms with E-state index >= 15 is 0 Å². The van der Waals surface area contributed by atoms with Crippen LogP contribution in [0.4, 0.5) is 0 Å². The number of piperidine rings is 1. The number of rotatable bonds is 6. The van der Waals surface area contributed by atoms with E-state index in [0.717, 1.165) is 5.56 Å². The van der Waals surface area contributed by atoms with Crippen LogP contribution in [-0.4, -0.2) is 44.9 Å². The lowest BCUT2D eigenvalue weighted by atomic mass is 10.1. The van der Waals surface area contributed by atoms with Gasteiger partial charge in [0.25, 0.3) is 0 Å². The van der Waals surface area contributed by atoms with E-state index in [1.807, 2.05) is 31.2 Å². The number of aryl methyl sites for hydroxylation is 1. The first-order valence-electron chi connectivity index (χ1n) is 9.58. The minimum Gasteiger partial charge on any atom is -0.497 e. The first-order chi connectivity index (χ1) is 13.9. The van der Waals surface area contributed by atoms with Crippen LogP contribution in [0.15, 0.2) is 59.5 Å². The number of carbonyl (C=O) groups is 1. The maximum absolute atomic E-state index is 12.8. The fraction of sp³-hybridized carbons (Fsp3) is 0.318. The first kappa shape index (κ1) is 21.1. The number of amides is 1. The Morgan fingerprint density at radius 1 is 1.07 bits per heavy atom. The Kier molecular flexibility index (Phi) is 6.71. The van der Waals surface area contributed by atoms with E-state index in [2.05, 4.69) is 5.32 Å². The normalized spacial score (nSPS) is 16.1. The van der Waals surface area contributed by atoms with Gasteiger partial charge in [-0.1, -0.05) is 29.8 Å². The number of ether oxygens (including phenoxy) is 1. The highest BCUT2D eigenvalue weighted by Crippen LogP contribution is 2.22. The average molecular weight is 415 g/mol. The molecule has 1 amide bonds. The molecular weight excluding hydrogens is 388 g/mol. The van der Waals surface area contributed by atoms with Gasteiger partial charge >= 0.3 is 0 Å². The summed E-state index contributed by atoms with van der Waals surface area (Å²) in [6.45, 7) is 2.77. The quantitative estimate of drug-likeness (QED) is 0.738. The summed E-state index contributed by atoms with van der Waals surface area (Å²) in [5.41, 5.74) is 2.13. The fourth-order valence-electron chi connectivity index (χ4n) is 3.24. The molecule has 1 aliphatic rings. The molecule has 0 radical (unpaired) electrons. The largest absolute Gasteiger partial charge is 0.497 e. The molecule has 0 spiro atoms. The van der Waals surface area contributed by atoms with Crippen LogP contribution < -0.4 is 10.1 Å². The summed E-state index contributed by atoms with van der Waals surface area (Å²) in [4.78, 5) is 12.4. The van der Waals surface area contributed by atoms with Crippen LogP contribution in [-0.2, 0) is 14.8 Å². The molecule has 7 heteroatoms. The molecule has 0 atom stereocenters. The maximum atomic E-state index is 12.8. The Balaban J connectivity index is 1.52. The molecule has 1 heterocycles. The van der Waals surface area contributed by atoms with E-state index < -0.39 is 10.0 Å². The van der Waals surface area contributed by atoms with Gasteiger partial charge in [-0.05, 0) is 55.7 Å². The Morgan fingerprint density at radius 3 is 2.28 bits per heavy atom. The second kappa shape index (κ2) is 9.24. The molecule has 6 nitrogen and oxygen atoms in total. The summed E-state index contributed by atoms with van der Waals surface area (Å²) < 4.78 is 32.1. The molecule has 0 saturated carbocycles. The monoisotopic (exact) mass is 414 g/mol. The summed E-state index contributed by atoms with van der Waals surface area (Å²) in [6.07, 6.45) is 4.46. The zero-order chi connectivity index (χ0) is 20.9. The first-order valence-corrected chi connectivity index (χ1v) is 11.0. The highest BCUT2D eigenvalue weighted by molar-refractivity contribution is 7.89. The van der Waals surface area contributed by atoms with Crippen molar-refractivity contribution in [3.05, 3.63) is 65.7 Å². The molecule has 29 heavy (non-hydrogen) atoms. The summed E-state index contributed by atoms with van der Waals surface area (Å²) in [6, 6.07) is 14.3. The fourth-order valence-corrected chi connectivity index (χ4v) is 4.71. The molecule has 0 unspecified atom stereocenters. The lowest BCUT2D eigenvalue weighted by Gasteiger charge is -2.31. The molecule has 0 aliphatic carbocycles. The van der Waals surface area contributed by atoms with Crippen molar-refractivity contribution in [1.82, 2.24) is 9.62 Å². The molecule has 0 bridgehead atoms. The smallest absolute Gasteiger partial charge is 0.244 e. The summed E-state index contributed by atoms with van der Waals surface area (Å²) in [7, 11) is -2.00. The maximum Gasteiger partial charge on any atom is 0.244 e. The number of nitrogens with zero attached hydrogens (tertiary/aromatic N) is 1. The minimum atomic E-state index is -3.54. The van der Waals surface area contributed by atoms with Crippen LogP contribution in [0.25, 0.3) is 6.08 Å². The number of carbonyl (C=O) groups excluding carboxylic acids is 1. The van der Waals surface area contributed by atoms with E-state index in [-0.39, 0.29) is 16.8 Å². The van der Waals surface area contributed by atoms with Gasteiger partial charge in [-0.15, -0.1) is 0 Å². The van der Waals surface area contributed by atoms with Crippen LogP contribution in [0, 0.1) is 6.92 Å². The standard InChI is InChI=1S/C22H26N2O4S/c1-17-3-5-18(6-4-17)7-12-22(25)23-19-13-15-24(16-14-19)29(26,27)21-10-8-20(28-2)9-11-21/h3-12,19H,13-16H2,1-2H3,(H,23,25). The predicted octanol–water partition coefficient (Wildman–Crippen LogP) is 2.99. The van der Waals surface area contributed by atoms with Crippen molar-refractivity contribution < 1.29 is 17.9 Å². The van der Waals surface area contributed by atoms with E-state index in [9.17, 15) is 13.2 Å². The number of hydrogen-bond donors (Lipinski definition) is 1. The Bertz CT molecular complexity index is 959. The van der Waals surface area contributed by atoms with Crippen LogP contribution in [0.2, 0.25) is 0 Å². The van der Waals surface area contributed by atoms with E-state index in [1.165, 1.54) is 15.9 Å². The van der Waals surface area contributed by atoms with Crippen LogP contribution in [0.1, 0.15) is 24.0 Å². The van der Waals surface area contributed by atoms with E-state index in [0.29, 0.717) is 31.7 Å². The predicted molar refractivity (Wildman–Crippen MR) is 113 cm³/mol.